The zero-order valence-electron chi connectivity index (χ0n) is 13.1. The number of thioether (sulfide) groups is 1. The fourth-order valence-electron chi connectivity index (χ4n) is 2.67. The number of nitrogens with zero attached hydrogens (tertiary/aromatic N) is 4. The van der Waals surface area contributed by atoms with E-state index >= 15 is 0 Å². The van der Waals surface area contributed by atoms with E-state index in [1.807, 2.05) is 30.3 Å². The van der Waals surface area contributed by atoms with Crippen molar-refractivity contribution in [3.63, 3.8) is 0 Å². The van der Waals surface area contributed by atoms with Gasteiger partial charge in [-0.15, -0.1) is 10.2 Å². The maximum Gasteiger partial charge on any atom is 0.238 e. The highest BCUT2D eigenvalue weighted by Gasteiger charge is 2.22. The van der Waals surface area contributed by atoms with Crippen LogP contribution in [0.25, 0.3) is 11.4 Å². The molecule has 0 bridgehead atoms. The molecule has 2 aromatic carbocycles. The van der Waals surface area contributed by atoms with E-state index in [-0.39, 0.29) is 4.90 Å². The highest BCUT2D eigenvalue weighted by molar-refractivity contribution is 7.99. The zero-order chi connectivity index (χ0) is 17.4. The molecule has 128 valence electrons. The quantitative estimate of drug-likeness (QED) is 0.756. The number of rotatable bonds is 3. The average Bonchev–Trinajstić information content (AvgIpc) is 3.05. The summed E-state index contributed by atoms with van der Waals surface area (Å²) in [7, 11) is -3.68. The fraction of sp³-hybridized carbons (Fsp3) is 0.125. The summed E-state index contributed by atoms with van der Waals surface area (Å²) >= 11 is 1.59. The summed E-state index contributed by atoms with van der Waals surface area (Å²) in [5, 5.41) is 14.6. The first-order valence-electron chi connectivity index (χ1n) is 7.51. The molecule has 3 aromatic rings. The van der Waals surface area contributed by atoms with Gasteiger partial charge in [0.25, 0.3) is 0 Å². The SMILES string of the molecule is NS(=O)(=O)c1ccc(N2CSc3nnc(-c4ccccc4)n3C2)cc1. The molecular weight excluding hydrogens is 358 g/mol. The second-order valence-electron chi connectivity index (χ2n) is 5.59. The lowest BCUT2D eigenvalue weighted by Crippen LogP contribution is -2.30. The van der Waals surface area contributed by atoms with Crippen molar-refractivity contribution in [1.29, 1.82) is 0 Å². The van der Waals surface area contributed by atoms with Gasteiger partial charge in [-0.3, -0.25) is 4.57 Å². The minimum atomic E-state index is -3.68. The third-order valence-corrected chi connectivity index (χ3v) is 5.87. The topological polar surface area (TPSA) is 94.1 Å². The van der Waals surface area contributed by atoms with Crippen LogP contribution in [0.3, 0.4) is 0 Å². The maximum atomic E-state index is 11.4. The van der Waals surface area contributed by atoms with Gasteiger partial charge in [0.1, 0.15) is 0 Å². The van der Waals surface area contributed by atoms with Crippen molar-refractivity contribution >= 4 is 27.5 Å². The largest absolute Gasteiger partial charge is 0.344 e. The Balaban J connectivity index is 1.64. The summed E-state index contributed by atoms with van der Waals surface area (Å²) in [5.74, 6) is 1.52. The summed E-state index contributed by atoms with van der Waals surface area (Å²) in [5.41, 5.74) is 1.92. The minimum absolute atomic E-state index is 0.107. The van der Waals surface area contributed by atoms with Gasteiger partial charge < -0.3 is 4.90 Å². The molecule has 0 spiro atoms. The van der Waals surface area contributed by atoms with Crippen molar-refractivity contribution in [2.24, 2.45) is 5.14 Å². The van der Waals surface area contributed by atoms with Gasteiger partial charge in [0, 0.05) is 11.3 Å². The van der Waals surface area contributed by atoms with E-state index < -0.39 is 10.0 Å². The first-order chi connectivity index (χ1) is 12.0. The Morgan fingerprint density at radius 2 is 1.72 bits per heavy atom. The predicted molar refractivity (Wildman–Crippen MR) is 96.5 cm³/mol. The van der Waals surface area contributed by atoms with Crippen molar-refractivity contribution in [3.05, 3.63) is 54.6 Å². The van der Waals surface area contributed by atoms with Crippen molar-refractivity contribution in [1.82, 2.24) is 14.8 Å². The summed E-state index contributed by atoms with van der Waals surface area (Å²) in [6.07, 6.45) is 0. The van der Waals surface area contributed by atoms with Crippen LogP contribution < -0.4 is 10.0 Å². The number of hydrogen-bond donors (Lipinski definition) is 1. The lowest BCUT2D eigenvalue weighted by molar-refractivity contribution is 0.597. The van der Waals surface area contributed by atoms with Crippen LogP contribution >= 0.6 is 11.8 Å². The van der Waals surface area contributed by atoms with Gasteiger partial charge in [0.2, 0.25) is 10.0 Å². The number of sulfonamides is 1. The molecule has 25 heavy (non-hydrogen) atoms. The molecule has 0 atom stereocenters. The van der Waals surface area contributed by atoms with Crippen LogP contribution in [0.4, 0.5) is 5.69 Å². The Morgan fingerprint density at radius 1 is 1.00 bits per heavy atom. The Kier molecular flexibility index (Phi) is 3.98. The molecule has 0 radical (unpaired) electrons. The number of fused-ring (bicyclic) bond motifs is 1. The second-order valence-corrected chi connectivity index (χ2v) is 8.07. The highest BCUT2D eigenvalue weighted by atomic mass is 32.2. The van der Waals surface area contributed by atoms with E-state index in [1.165, 1.54) is 12.1 Å². The highest BCUT2D eigenvalue weighted by Crippen LogP contribution is 2.31. The van der Waals surface area contributed by atoms with E-state index in [4.69, 9.17) is 5.14 Å². The molecular formula is C16H15N5O2S2. The summed E-state index contributed by atoms with van der Waals surface area (Å²) in [4.78, 5) is 2.23. The van der Waals surface area contributed by atoms with E-state index in [0.29, 0.717) is 12.5 Å². The number of primary sulfonamides is 1. The molecule has 7 nitrogen and oxygen atoms in total. The Morgan fingerprint density at radius 3 is 2.40 bits per heavy atom. The summed E-state index contributed by atoms with van der Waals surface area (Å²) < 4.78 is 24.8. The average molecular weight is 373 g/mol. The standard InChI is InChI=1S/C16H15N5O2S2/c17-25(22,23)14-8-6-13(7-9-14)20-10-21-15(12-4-2-1-3-5-12)18-19-16(21)24-11-20/h1-9H,10-11H2,(H2,17,22,23). The third kappa shape index (κ3) is 3.13. The van der Waals surface area contributed by atoms with Crippen molar-refractivity contribution < 1.29 is 8.42 Å². The van der Waals surface area contributed by atoms with Crippen LogP contribution in [0.1, 0.15) is 0 Å². The van der Waals surface area contributed by atoms with Crippen molar-refractivity contribution in [3.8, 4) is 11.4 Å². The molecule has 0 aliphatic carbocycles. The normalized spacial score (nSPS) is 14.4. The van der Waals surface area contributed by atoms with E-state index in [9.17, 15) is 8.42 Å². The molecule has 0 saturated heterocycles. The molecule has 9 heteroatoms. The smallest absolute Gasteiger partial charge is 0.238 e. The van der Waals surface area contributed by atoms with Gasteiger partial charge in [-0.25, -0.2) is 13.6 Å². The van der Waals surface area contributed by atoms with Crippen molar-refractivity contribution in [2.45, 2.75) is 16.7 Å². The molecule has 0 saturated carbocycles. The van der Waals surface area contributed by atoms with E-state index in [1.54, 1.807) is 23.9 Å². The molecule has 0 amide bonds. The molecule has 2 heterocycles. The number of anilines is 1. The van der Waals surface area contributed by atoms with Gasteiger partial charge >= 0.3 is 0 Å². The van der Waals surface area contributed by atoms with Crippen LogP contribution in [-0.4, -0.2) is 29.1 Å². The second kappa shape index (κ2) is 6.17. The first-order valence-corrected chi connectivity index (χ1v) is 10.0. The molecule has 4 rings (SSSR count). The zero-order valence-corrected chi connectivity index (χ0v) is 14.7. The molecule has 1 aliphatic heterocycles. The minimum Gasteiger partial charge on any atom is -0.344 e. The van der Waals surface area contributed by atoms with Gasteiger partial charge in [-0.2, -0.15) is 0 Å². The van der Waals surface area contributed by atoms with Gasteiger partial charge in [0.15, 0.2) is 11.0 Å². The monoisotopic (exact) mass is 373 g/mol. The van der Waals surface area contributed by atoms with Gasteiger partial charge in [0.05, 0.1) is 17.4 Å². The lowest BCUT2D eigenvalue weighted by atomic mass is 10.2. The Hall–Kier alpha value is -2.36. The lowest BCUT2D eigenvalue weighted by Gasteiger charge is -2.29. The van der Waals surface area contributed by atoms with Crippen molar-refractivity contribution in [2.75, 3.05) is 10.8 Å². The Bertz CT molecular complexity index is 1000. The first kappa shape index (κ1) is 16.1. The maximum absolute atomic E-state index is 11.4. The molecule has 0 unspecified atom stereocenters. The number of benzene rings is 2. The van der Waals surface area contributed by atoms with E-state index in [0.717, 1.165) is 22.2 Å². The Labute approximate surface area is 149 Å². The number of aromatic nitrogens is 3. The summed E-state index contributed by atoms with van der Waals surface area (Å²) in [6, 6.07) is 16.5. The third-order valence-electron chi connectivity index (χ3n) is 3.94. The fourth-order valence-corrected chi connectivity index (χ4v) is 4.09. The van der Waals surface area contributed by atoms with Crippen LogP contribution in [0.5, 0.6) is 0 Å². The molecule has 2 N–H and O–H groups in total. The molecule has 1 aromatic heterocycles. The molecule has 0 fully saturated rings. The van der Waals surface area contributed by atoms with Crippen LogP contribution in [0, 0.1) is 0 Å². The number of hydrogen-bond acceptors (Lipinski definition) is 6. The predicted octanol–water partition coefficient (Wildman–Crippen LogP) is 2.12. The number of nitrogens with two attached hydrogens (primary N) is 1. The van der Waals surface area contributed by atoms with Gasteiger partial charge in [-0.1, -0.05) is 42.1 Å². The molecule has 1 aliphatic rings. The van der Waals surface area contributed by atoms with Crippen LogP contribution in [0.2, 0.25) is 0 Å². The summed E-state index contributed by atoms with van der Waals surface area (Å²) in [6.45, 7) is 0.592. The van der Waals surface area contributed by atoms with Crippen LogP contribution in [0.15, 0.2) is 64.6 Å². The van der Waals surface area contributed by atoms with E-state index in [2.05, 4.69) is 19.7 Å². The van der Waals surface area contributed by atoms with Crippen LogP contribution in [-0.2, 0) is 16.7 Å². The van der Waals surface area contributed by atoms with Gasteiger partial charge in [-0.05, 0) is 24.3 Å².